The molecule has 0 bridgehead atoms. The van der Waals surface area contributed by atoms with E-state index in [-0.39, 0.29) is 12.3 Å². The van der Waals surface area contributed by atoms with Crippen molar-refractivity contribution in [3.05, 3.63) is 84.3 Å². The number of hydrogen-bond acceptors (Lipinski definition) is 3. The molecule has 4 nitrogen and oxygen atoms in total. The minimum Gasteiger partial charge on any atom is -0.434 e. The second-order valence-electron chi connectivity index (χ2n) is 5.27. The maximum atomic E-state index is 12.2. The fourth-order valence-electron chi connectivity index (χ4n) is 2.24. The first kappa shape index (κ1) is 14.9. The first-order valence-electron chi connectivity index (χ1n) is 7.38. The number of carbonyl (C=O) groups excluding carboxylic acids is 1. The topological polar surface area (TPSA) is 43.1 Å². The van der Waals surface area contributed by atoms with Gasteiger partial charge in [0.1, 0.15) is 5.75 Å². The van der Waals surface area contributed by atoms with Crippen LogP contribution in [0.5, 0.6) is 11.6 Å². The van der Waals surface area contributed by atoms with Gasteiger partial charge in [0.25, 0.3) is 5.88 Å². The van der Waals surface area contributed by atoms with Gasteiger partial charge in [-0.1, -0.05) is 42.5 Å². The van der Waals surface area contributed by atoms with Gasteiger partial charge < -0.3 is 4.74 Å². The Kier molecular flexibility index (Phi) is 4.43. The summed E-state index contributed by atoms with van der Waals surface area (Å²) in [5.74, 6) is 1.23. The average Bonchev–Trinajstić information content (AvgIpc) is 2.56. The summed E-state index contributed by atoms with van der Waals surface area (Å²) in [6.07, 6.45) is 5.11. The molecule has 0 radical (unpaired) electrons. The van der Waals surface area contributed by atoms with Crippen LogP contribution in [0.25, 0.3) is 0 Å². The SMILES string of the molecule is Cc1cccc(Oc2c[n+](CC(=O)c3ccccc3)ccn2)c1. The Morgan fingerprint density at radius 1 is 1.13 bits per heavy atom. The van der Waals surface area contributed by atoms with E-state index < -0.39 is 0 Å². The van der Waals surface area contributed by atoms with Gasteiger partial charge >= 0.3 is 0 Å². The van der Waals surface area contributed by atoms with Crippen LogP contribution in [0.15, 0.2) is 73.2 Å². The lowest BCUT2D eigenvalue weighted by atomic mass is 10.1. The van der Waals surface area contributed by atoms with Crippen LogP contribution in [-0.2, 0) is 6.54 Å². The Hall–Kier alpha value is -3.01. The standard InChI is InChI=1S/C19H17N2O2/c1-15-6-5-9-17(12-15)23-19-14-21(11-10-20-19)13-18(22)16-7-3-2-4-8-16/h2-12,14H,13H2,1H3/q+1. The summed E-state index contributed by atoms with van der Waals surface area (Å²) in [5, 5.41) is 0. The van der Waals surface area contributed by atoms with Crippen LogP contribution in [0.4, 0.5) is 0 Å². The third kappa shape index (κ3) is 4.01. The van der Waals surface area contributed by atoms with Crippen LogP contribution in [0.2, 0.25) is 0 Å². The van der Waals surface area contributed by atoms with E-state index in [9.17, 15) is 4.79 Å². The highest BCUT2D eigenvalue weighted by Gasteiger charge is 2.13. The van der Waals surface area contributed by atoms with Crippen LogP contribution in [-0.4, -0.2) is 10.8 Å². The first-order valence-corrected chi connectivity index (χ1v) is 7.38. The summed E-state index contributed by atoms with van der Waals surface area (Å²) in [7, 11) is 0. The summed E-state index contributed by atoms with van der Waals surface area (Å²) in [6, 6.07) is 17.0. The van der Waals surface area contributed by atoms with Crippen molar-refractivity contribution in [3.8, 4) is 11.6 Å². The zero-order valence-electron chi connectivity index (χ0n) is 12.8. The maximum Gasteiger partial charge on any atom is 0.285 e. The van der Waals surface area contributed by atoms with E-state index in [0.717, 1.165) is 11.3 Å². The van der Waals surface area contributed by atoms with Gasteiger partial charge in [-0.15, -0.1) is 0 Å². The second-order valence-corrected chi connectivity index (χ2v) is 5.27. The molecule has 2 aromatic carbocycles. The van der Waals surface area contributed by atoms with Crippen molar-refractivity contribution in [2.45, 2.75) is 13.5 Å². The van der Waals surface area contributed by atoms with E-state index in [2.05, 4.69) is 4.98 Å². The second kappa shape index (κ2) is 6.83. The predicted octanol–water partition coefficient (Wildman–Crippen LogP) is 3.35. The fraction of sp³-hybridized carbons (Fsp3) is 0.105. The van der Waals surface area contributed by atoms with Gasteiger partial charge in [0.15, 0.2) is 6.20 Å². The highest BCUT2D eigenvalue weighted by molar-refractivity contribution is 5.94. The first-order chi connectivity index (χ1) is 11.2. The Morgan fingerprint density at radius 3 is 2.74 bits per heavy atom. The average molecular weight is 305 g/mol. The van der Waals surface area contributed by atoms with Gasteiger partial charge in [0, 0.05) is 5.56 Å². The van der Waals surface area contributed by atoms with E-state index in [4.69, 9.17) is 4.74 Å². The molecule has 0 amide bonds. The Morgan fingerprint density at radius 2 is 1.96 bits per heavy atom. The highest BCUT2D eigenvalue weighted by atomic mass is 16.5. The van der Waals surface area contributed by atoms with Crippen LogP contribution >= 0.6 is 0 Å². The predicted molar refractivity (Wildman–Crippen MR) is 86.5 cm³/mol. The molecule has 0 saturated carbocycles. The Bertz CT molecular complexity index is 816. The highest BCUT2D eigenvalue weighted by Crippen LogP contribution is 2.18. The lowest BCUT2D eigenvalue weighted by Gasteiger charge is -2.04. The number of aromatic nitrogens is 2. The molecule has 0 aliphatic heterocycles. The van der Waals surface area contributed by atoms with E-state index >= 15 is 0 Å². The molecule has 0 N–H and O–H groups in total. The molecular weight excluding hydrogens is 288 g/mol. The molecule has 0 fully saturated rings. The van der Waals surface area contributed by atoms with Gasteiger partial charge in [0.2, 0.25) is 18.5 Å². The monoisotopic (exact) mass is 305 g/mol. The molecule has 1 aromatic heterocycles. The minimum atomic E-state index is 0.0447. The molecule has 114 valence electrons. The number of hydrogen-bond donors (Lipinski definition) is 0. The smallest absolute Gasteiger partial charge is 0.285 e. The van der Waals surface area contributed by atoms with Crippen molar-refractivity contribution in [1.29, 1.82) is 0 Å². The number of Topliss-reactive ketones (excluding diaryl/α,β-unsaturated/α-hetero) is 1. The number of ketones is 1. The molecule has 3 aromatic rings. The molecule has 23 heavy (non-hydrogen) atoms. The molecule has 4 heteroatoms. The number of carbonyl (C=O) groups is 1. The number of ether oxygens (including phenoxy) is 1. The van der Waals surface area contributed by atoms with Crippen molar-refractivity contribution in [3.63, 3.8) is 0 Å². The summed E-state index contributed by atoms with van der Waals surface area (Å²) < 4.78 is 7.52. The van der Waals surface area contributed by atoms with Gasteiger partial charge in [0.05, 0.1) is 6.20 Å². The molecule has 0 aliphatic rings. The van der Waals surface area contributed by atoms with E-state index in [1.807, 2.05) is 61.5 Å². The van der Waals surface area contributed by atoms with Gasteiger partial charge in [-0.3, -0.25) is 4.79 Å². The molecule has 0 spiro atoms. The van der Waals surface area contributed by atoms with E-state index in [1.165, 1.54) is 0 Å². The fourth-order valence-corrected chi connectivity index (χ4v) is 2.24. The molecule has 0 atom stereocenters. The lowest BCUT2D eigenvalue weighted by molar-refractivity contribution is -0.683. The largest absolute Gasteiger partial charge is 0.434 e. The minimum absolute atomic E-state index is 0.0447. The number of aryl methyl sites for hydroxylation is 1. The summed E-state index contributed by atoms with van der Waals surface area (Å²) in [6.45, 7) is 2.25. The van der Waals surface area contributed by atoms with Crippen molar-refractivity contribution >= 4 is 5.78 Å². The maximum absolute atomic E-state index is 12.2. The summed E-state index contributed by atoms with van der Waals surface area (Å²) in [5.41, 5.74) is 1.81. The normalized spacial score (nSPS) is 10.3. The Balaban J connectivity index is 1.74. The van der Waals surface area contributed by atoms with Crippen molar-refractivity contribution in [2.75, 3.05) is 0 Å². The van der Waals surface area contributed by atoms with Crippen molar-refractivity contribution in [1.82, 2.24) is 4.98 Å². The summed E-state index contributed by atoms with van der Waals surface area (Å²) >= 11 is 0. The Labute approximate surface area is 135 Å². The quantitative estimate of drug-likeness (QED) is 0.536. The third-order valence-electron chi connectivity index (χ3n) is 3.37. The van der Waals surface area contributed by atoms with Gasteiger partial charge in [-0.25, -0.2) is 4.98 Å². The molecule has 0 unspecified atom stereocenters. The van der Waals surface area contributed by atoms with Crippen LogP contribution in [0, 0.1) is 6.92 Å². The third-order valence-corrected chi connectivity index (χ3v) is 3.37. The number of nitrogens with zero attached hydrogens (tertiary/aromatic N) is 2. The van der Waals surface area contributed by atoms with Crippen molar-refractivity contribution in [2.24, 2.45) is 0 Å². The molecule has 3 rings (SSSR count). The number of benzene rings is 2. The summed E-state index contributed by atoms with van der Waals surface area (Å²) in [4.78, 5) is 16.4. The molecule has 1 heterocycles. The van der Waals surface area contributed by atoms with Gasteiger partial charge in [-0.2, -0.15) is 4.57 Å². The number of rotatable bonds is 5. The van der Waals surface area contributed by atoms with Gasteiger partial charge in [-0.05, 0) is 24.6 Å². The van der Waals surface area contributed by atoms with Crippen molar-refractivity contribution < 1.29 is 14.1 Å². The van der Waals surface area contributed by atoms with Crippen LogP contribution < -0.4 is 9.30 Å². The molecule has 0 saturated heterocycles. The lowest BCUT2D eigenvalue weighted by Crippen LogP contribution is -2.37. The molecular formula is C19H17N2O2+. The van der Waals surface area contributed by atoms with E-state index in [1.54, 1.807) is 23.2 Å². The van der Waals surface area contributed by atoms with Crippen LogP contribution in [0.1, 0.15) is 15.9 Å². The van der Waals surface area contributed by atoms with E-state index in [0.29, 0.717) is 11.4 Å². The molecule has 0 aliphatic carbocycles. The zero-order valence-corrected chi connectivity index (χ0v) is 12.8. The van der Waals surface area contributed by atoms with Crippen LogP contribution in [0.3, 0.4) is 0 Å². The zero-order chi connectivity index (χ0) is 16.1.